The summed E-state index contributed by atoms with van der Waals surface area (Å²) in [6, 6.07) is -0.104. The number of hydrogen-bond acceptors (Lipinski definition) is 5. The summed E-state index contributed by atoms with van der Waals surface area (Å²) < 4.78 is 2.43. The number of rotatable bonds is 6. The third-order valence-electron chi connectivity index (χ3n) is 2.98. The van der Waals surface area contributed by atoms with Gasteiger partial charge in [-0.1, -0.05) is 6.92 Å². The van der Waals surface area contributed by atoms with Crippen molar-refractivity contribution in [2.24, 2.45) is 7.05 Å². The number of aliphatic hydroxyl groups excluding tert-OH is 1. The van der Waals surface area contributed by atoms with E-state index >= 15 is 0 Å². The van der Waals surface area contributed by atoms with Gasteiger partial charge in [-0.3, -0.25) is 13.9 Å². The van der Waals surface area contributed by atoms with E-state index in [0.29, 0.717) is 13.0 Å². The Bertz CT molecular complexity index is 547. The van der Waals surface area contributed by atoms with Crippen molar-refractivity contribution in [1.82, 2.24) is 9.13 Å². The summed E-state index contributed by atoms with van der Waals surface area (Å²) in [4.78, 5) is 24.0. The Kier molecular flexibility index (Phi) is 5.17. The molecule has 0 radical (unpaired) electrons. The minimum Gasteiger partial charge on any atom is -0.396 e. The van der Waals surface area contributed by atoms with Crippen molar-refractivity contribution in [3.63, 3.8) is 0 Å². The molecule has 0 saturated carbocycles. The predicted molar refractivity (Wildman–Crippen MR) is 75.4 cm³/mol. The lowest BCUT2D eigenvalue weighted by Crippen LogP contribution is -2.41. The van der Waals surface area contributed by atoms with Gasteiger partial charge >= 0.3 is 5.69 Å². The topological polar surface area (TPSA) is 102 Å². The fourth-order valence-corrected chi connectivity index (χ4v) is 1.87. The Morgan fingerprint density at radius 3 is 2.58 bits per heavy atom. The monoisotopic (exact) mass is 270 g/mol. The van der Waals surface area contributed by atoms with Crippen LogP contribution in [0, 0.1) is 0 Å². The number of nitrogens with two attached hydrogens (primary N) is 1. The first-order valence-corrected chi connectivity index (χ1v) is 6.40. The van der Waals surface area contributed by atoms with E-state index < -0.39 is 11.2 Å². The van der Waals surface area contributed by atoms with Crippen molar-refractivity contribution in [1.29, 1.82) is 0 Å². The normalized spacial score (nSPS) is 12.4. The first-order chi connectivity index (χ1) is 8.93. The van der Waals surface area contributed by atoms with E-state index in [4.69, 9.17) is 10.8 Å². The smallest absolute Gasteiger partial charge is 0.332 e. The number of nitrogens with zero attached hydrogens (tertiary/aromatic N) is 2. The highest BCUT2D eigenvalue weighted by Crippen LogP contribution is 2.13. The van der Waals surface area contributed by atoms with Crippen molar-refractivity contribution in [2.45, 2.75) is 39.3 Å². The minimum atomic E-state index is -0.445. The van der Waals surface area contributed by atoms with E-state index in [1.54, 1.807) is 0 Å². The second kappa shape index (κ2) is 6.42. The van der Waals surface area contributed by atoms with Gasteiger partial charge in [0.25, 0.3) is 5.56 Å². The maximum atomic E-state index is 12.1. The van der Waals surface area contributed by atoms with Crippen molar-refractivity contribution in [2.75, 3.05) is 17.7 Å². The minimum absolute atomic E-state index is 0.0169. The van der Waals surface area contributed by atoms with E-state index in [2.05, 4.69) is 5.32 Å². The van der Waals surface area contributed by atoms with Crippen molar-refractivity contribution < 1.29 is 5.11 Å². The third-order valence-corrected chi connectivity index (χ3v) is 2.98. The number of hydrogen-bond donors (Lipinski definition) is 3. The van der Waals surface area contributed by atoms with Crippen LogP contribution in [-0.2, 0) is 13.6 Å². The average Bonchev–Trinajstić information content (AvgIpc) is 2.38. The molecule has 1 unspecified atom stereocenters. The molecule has 0 bridgehead atoms. The molecule has 7 nitrogen and oxygen atoms in total. The zero-order valence-electron chi connectivity index (χ0n) is 11.6. The van der Waals surface area contributed by atoms with Crippen LogP contribution >= 0.6 is 0 Å². The molecule has 19 heavy (non-hydrogen) atoms. The maximum absolute atomic E-state index is 12.1. The van der Waals surface area contributed by atoms with Gasteiger partial charge < -0.3 is 16.2 Å². The second-order valence-corrected chi connectivity index (χ2v) is 4.62. The number of aliphatic hydroxyl groups is 1. The van der Waals surface area contributed by atoms with Gasteiger partial charge in [0.2, 0.25) is 0 Å². The van der Waals surface area contributed by atoms with Crippen LogP contribution in [0.2, 0.25) is 0 Å². The molecule has 1 rings (SSSR count). The van der Waals surface area contributed by atoms with Crippen LogP contribution < -0.4 is 22.3 Å². The van der Waals surface area contributed by atoms with Gasteiger partial charge in [-0.2, -0.15) is 0 Å². The molecule has 0 amide bonds. The van der Waals surface area contributed by atoms with Crippen molar-refractivity contribution >= 4 is 11.5 Å². The molecule has 0 aliphatic heterocycles. The largest absolute Gasteiger partial charge is 0.396 e. The molecule has 0 aromatic carbocycles. The zero-order valence-corrected chi connectivity index (χ0v) is 11.6. The van der Waals surface area contributed by atoms with Crippen LogP contribution in [0.15, 0.2) is 9.59 Å². The highest BCUT2D eigenvalue weighted by atomic mass is 16.3. The number of nitrogen functional groups attached to an aromatic ring is 1. The summed E-state index contributed by atoms with van der Waals surface area (Å²) >= 11 is 0. The molecule has 0 spiro atoms. The van der Waals surface area contributed by atoms with Gasteiger partial charge in [-0.25, -0.2) is 4.79 Å². The van der Waals surface area contributed by atoms with Crippen molar-refractivity contribution in [3.05, 3.63) is 20.8 Å². The maximum Gasteiger partial charge on any atom is 0.332 e. The van der Waals surface area contributed by atoms with Gasteiger partial charge in [0.1, 0.15) is 11.5 Å². The first-order valence-electron chi connectivity index (χ1n) is 6.40. The molecule has 0 saturated heterocycles. The molecule has 4 N–H and O–H groups in total. The van der Waals surface area contributed by atoms with Crippen molar-refractivity contribution in [3.8, 4) is 0 Å². The van der Waals surface area contributed by atoms with Crippen LogP contribution in [0.3, 0.4) is 0 Å². The van der Waals surface area contributed by atoms with Crippen LogP contribution in [0.1, 0.15) is 26.7 Å². The summed E-state index contributed by atoms with van der Waals surface area (Å²) in [5.41, 5.74) is 5.27. The Morgan fingerprint density at radius 1 is 1.42 bits per heavy atom. The van der Waals surface area contributed by atoms with Gasteiger partial charge in [0.05, 0.1) is 0 Å². The van der Waals surface area contributed by atoms with Crippen LogP contribution in [-0.4, -0.2) is 26.9 Å². The fourth-order valence-electron chi connectivity index (χ4n) is 1.87. The molecule has 1 aromatic rings. The SMILES string of the molecule is CCCn1c(N)c(NC(C)CCO)c(=O)n(C)c1=O. The van der Waals surface area contributed by atoms with E-state index in [1.807, 2.05) is 13.8 Å². The van der Waals surface area contributed by atoms with Gasteiger partial charge in [-0.15, -0.1) is 0 Å². The fraction of sp³-hybridized carbons (Fsp3) is 0.667. The van der Waals surface area contributed by atoms with Gasteiger partial charge in [0, 0.05) is 26.2 Å². The number of aromatic nitrogens is 2. The van der Waals surface area contributed by atoms with E-state index in [1.165, 1.54) is 11.6 Å². The molecular formula is C12H22N4O3. The highest BCUT2D eigenvalue weighted by Gasteiger charge is 2.16. The van der Waals surface area contributed by atoms with E-state index in [9.17, 15) is 9.59 Å². The molecule has 0 fully saturated rings. The molecule has 0 aliphatic rings. The average molecular weight is 270 g/mol. The Balaban J connectivity index is 3.31. The summed E-state index contributed by atoms with van der Waals surface area (Å²) in [6.07, 6.45) is 1.24. The summed E-state index contributed by atoms with van der Waals surface area (Å²) in [5.74, 6) is 0.153. The summed E-state index contributed by atoms with van der Waals surface area (Å²) in [5, 5.41) is 11.8. The standard InChI is InChI=1S/C12H22N4O3/c1-4-6-16-10(13)9(14-8(2)5-7-17)11(18)15(3)12(16)19/h8,14,17H,4-7,13H2,1-3H3. The van der Waals surface area contributed by atoms with Crippen LogP contribution in [0.5, 0.6) is 0 Å². The Morgan fingerprint density at radius 2 is 2.05 bits per heavy atom. The third kappa shape index (κ3) is 3.17. The lowest BCUT2D eigenvalue weighted by Gasteiger charge is -2.18. The van der Waals surface area contributed by atoms with Crippen LogP contribution in [0.4, 0.5) is 11.5 Å². The molecular weight excluding hydrogens is 248 g/mol. The molecule has 1 heterocycles. The lowest BCUT2D eigenvalue weighted by atomic mass is 10.2. The van der Waals surface area contributed by atoms with Gasteiger partial charge in [0.15, 0.2) is 0 Å². The lowest BCUT2D eigenvalue weighted by molar-refractivity contribution is 0.282. The molecule has 7 heteroatoms. The molecule has 1 aromatic heterocycles. The predicted octanol–water partition coefficient (Wildman–Crippen LogP) is -0.278. The summed E-state index contributed by atoms with van der Waals surface area (Å²) in [7, 11) is 1.43. The van der Waals surface area contributed by atoms with Gasteiger partial charge in [-0.05, 0) is 19.8 Å². The number of nitrogens with one attached hydrogen (secondary N) is 1. The zero-order chi connectivity index (χ0) is 14.6. The second-order valence-electron chi connectivity index (χ2n) is 4.62. The van der Waals surface area contributed by atoms with Crippen LogP contribution in [0.25, 0.3) is 0 Å². The molecule has 1 atom stereocenters. The molecule has 0 aliphatic carbocycles. The first kappa shape index (κ1) is 15.3. The highest BCUT2D eigenvalue weighted by molar-refractivity contribution is 5.61. The molecule has 108 valence electrons. The Hall–Kier alpha value is -1.76. The van der Waals surface area contributed by atoms with E-state index in [0.717, 1.165) is 11.0 Å². The summed E-state index contributed by atoms with van der Waals surface area (Å²) in [6.45, 7) is 4.24. The number of anilines is 2. The van der Waals surface area contributed by atoms with E-state index in [-0.39, 0.29) is 24.2 Å². The Labute approximate surface area is 111 Å². The quantitative estimate of drug-likeness (QED) is 0.660.